The molecular weight excluding hydrogens is 283 g/mol. The van der Waals surface area contributed by atoms with Crippen molar-refractivity contribution in [1.82, 2.24) is 4.90 Å². The van der Waals surface area contributed by atoms with Gasteiger partial charge in [0.25, 0.3) is 0 Å². The Morgan fingerprint density at radius 3 is 2.05 bits per heavy atom. The van der Waals surface area contributed by atoms with E-state index in [2.05, 4.69) is 13.8 Å². The Hall–Kier alpha value is -0.780. The fourth-order valence-electron chi connectivity index (χ4n) is 2.95. The van der Waals surface area contributed by atoms with Crippen LogP contribution in [0.3, 0.4) is 0 Å². The van der Waals surface area contributed by atoms with Crippen molar-refractivity contribution in [3.05, 3.63) is 0 Å². The molecule has 124 valence electrons. The maximum atomic E-state index is 12.7. The molecule has 0 aromatic heterocycles. The van der Waals surface area contributed by atoms with Crippen LogP contribution in [0.25, 0.3) is 0 Å². The van der Waals surface area contributed by atoms with Gasteiger partial charge in [-0.25, -0.2) is 0 Å². The number of nitrogens with zero attached hydrogens (tertiary/aromatic N) is 1. The van der Waals surface area contributed by atoms with Gasteiger partial charge in [0.05, 0.1) is 0 Å². The van der Waals surface area contributed by atoms with Gasteiger partial charge in [-0.2, -0.15) is 13.2 Å². The Labute approximate surface area is 124 Å². The quantitative estimate of drug-likeness (QED) is 0.815. The monoisotopic (exact) mass is 309 g/mol. The van der Waals surface area contributed by atoms with E-state index < -0.39 is 24.6 Å². The molecule has 1 fully saturated rings. The van der Waals surface area contributed by atoms with Crippen LogP contribution in [0.4, 0.5) is 13.2 Å². The first-order valence-electron chi connectivity index (χ1n) is 7.80. The Kier molecular flexibility index (Phi) is 6.50. The number of alkyl halides is 3. The first-order valence-corrected chi connectivity index (χ1v) is 7.80. The van der Waals surface area contributed by atoms with Crippen LogP contribution in [-0.4, -0.2) is 40.8 Å². The summed E-state index contributed by atoms with van der Waals surface area (Å²) in [7, 11) is 0. The molecule has 1 saturated heterocycles. The molecule has 0 atom stereocenters. The summed E-state index contributed by atoms with van der Waals surface area (Å²) in [6.07, 6.45) is -1.10. The minimum absolute atomic E-state index is 0.0141. The maximum Gasteiger partial charge on any atom is 0.417 e. The number of likely N-dealkylation sites (tertiary alicyclic amines) is 1. The smallest absolute Gasteiger partial charge is 0.380 e. The average Bonchev–Trinajstić information content (AvgIpc) is 2.38. The first kappa shape index (κ1) is 18.3. The Balaban J connectivity index is 2.51. The first-order chi connectivity index (χ1) is 9.73. The molecule has 1 N–H and O–H groups in total. The van der Waals surface area contributed by atoms with Crippen molar-refractivity contribution in [1.29, 1.82) is 0 Å². The summed E-state index contributed by atoms with van der Waals surface area (Å²) in [5.74, 6) is 0.238. The van der Waals surface area contributed by atoms with Gasteiger partial charge < -0.3 is 10.0 Å². The van der Waals surface area contributed by atoms with Crippen molar-refractivity contribution in [2.45, 2.75) is 70.6 Å². The van der Waals surface area contributed by atoms with Gasteiger partial charge in [0.15, 0.2) is 5.60 Å². The van der Waals surface area contributed by atoms with Gasteiger partial charge in [-0.05, 0) is 5.92 Å². The zero-order valence-electron chi connectivity index (χ0n) is 12.9. The molecule has 1 heterocycles. The molecule has 0 spiro atoms. The lowest BCUT2D eigenvalue weighted by molar-refractivity contribution is -0.272. The summed E-state index contributed by atoms with van der Waals surface area (Å²) in [5.41, 5.74) is -2.63. The fourth-order valence-corrected chi connectivity index (χ4v) is 2.95. The number of hydrogen-bond donors (Lipinski definition) is 1. The van der Waals surface area contributed by atoms with Crippen molar-refractivity contribution in [3.63, 3.8) is 0 Å². The molecule has 0 aromatic rings. The van der Waals surface area contributed by atoms with Crippen LogP contribution in [0, 0.1) is 5.92 Å². The molecule has 6 heteroatoms. The molecule has 0 aromatic carbocycles. The summed E-state index contributed by atoms with van der Waals surface area (Å²) in [5, 5.41) is 9.59. The van der Waals surface area contributed by atoms with Crippen molar-refractivity contribution >= 4 is 5.91 Å². The van der Waals surface area contributed by atoms with Crippen LogP contribution < -0.4 is 0 Å². The number of amides is 1. The second-order valence-corrected chi connectivity index (χ2v) is 6.06. The molecule has 1 aliphatic rings. The molecular formula is C15H26F3NO2. The van der Waals surface area contributed by atoms with Crippen LogP contribution in [0.5, 0.6) is 0 Å². The number of halogens is 3. The topological polar surface area (TPSA) is 40.5 Å². The third-order valence-corrected chi connectivity index (χ3v) is 4.33. The van der Waals surface area contributed by atoms with E-state index in [1.807, 2.05) is 0 Å². The Morgan fingerprint density at radius 1 is 1.19 bits per heavy atom. The predicted molar refractivity (Wildman–Crippen MR) is 74.7 cm³/mol. The summed E-state index contributed by atoms with van der Waals surface area (Å²) >= 11 is 0. The zero-order chi connectivity index (χ0) is 16.1. The molecule has 3 nitrogen and oxygen atoms in total. The van der Waals surface area contributed by atoms with Crippen molar-refractivity contribution in [2.75, 3.05) is 13.1 Å². The van der Waals surface area contributed by atoms with Gasteiger partial charge >= 0.3 is 6.18 Å². The average molecular weight is 309 g/mol. The Bertz CT molecular complexity index is 330. The highest BCUT2D eigenvalue weighted by Crippen LogP contribution is 2.38. The number of aliphatic hydroxyl groups is 1. The lowest BCUT2D eigenvalue weighted by Crippen LogP contribution is -2.54. The molecule has 0 bridgehead atoms. The number of rotatable bonds is 6. The fraction of sp³-hybridized carbons (Fsp3) is 0.933. The molecule has 1 rings (SSSR count). The highest BCUT2D eigenvalue weighted by Gasteiger charge is 2.54. The van der Waals surface area contributed by atoms with Crippen LogP contribution in [0.2, 0.25) is 0 Å². The Morgan fingerprint density at radius 2 is 1.67 bits per heavy atom. The van der Waals surface area contributed by atoms with Crippen LogP contribution >= 0.6 is 0 Å². The van der Waals surface area contributed by atoms with Gasteiger partial charge in [0, 0.05) is 32.4 Å². The lowest BCUT2D eigenvalue weighted by atomic mass is 9.89. The second kappa shape index (κ2) is 7.47. The minimum atomic E-state index is -4.62. The molecule has 0 saturated carbocycles. The third-order valence-electron chi connectivity index (χ3n) is 4.33. The van der Waals surface area contributed by atoms with E-state index in [1.165, 1.54) is 4.90 Å². The number of hydrogen-bond acceptors (Lipinski definition) is 2. The van der Waals surface area contributed by atoms with E-state index in [-0.39, 0.29) is 19.0 Å². The van der Waals surface area contributed by atoms with Crippen LogP contribution in [0.15, 0.2) is 0 Å². The second-order valence-electron chi connectivity index (χ2n) is 6.06. The van der Waals surface area contributed by atoms with E-state index in [0.717, 1.165) is 25.7 Å². The number of piperidine rings is 1. The molecule has 0 aliphatic carbocycles. The number of carbonyl (C=O) groups excluding carboxylic acids is 1. The van der Waals surface area contributed by atoms with E-state index >= 15 is 0 Å². The lowest BCUT2D eigenvalue weighted by Gasteiger charge is -2.39. The van der Waals surface area contributed by atoms with E-state index in [1.54, 1.807) is 0 Å². The summed E-state index contributed by atoms with van der Waals surface area (Å²) in [6.45, 7) is 4.11. The summed E-state index contributed by atoms with van der Waals surface area (Å²) < 4.78 is 38.1. The van der Waals surface area contributed by atoms with Gasteiger partial charge in [-0.3, -0.25) is 4.79 Å². The normalized spacial score (nSPS) is 19.1. The highest BCUT2D eigenvalue weighted by molar-refractivity contribution is 5.76. The molecule has 21 heavy (non-hydrogen) atoms. The maximum absolute atomic E-state index is 12.7. The standard InChI is InChI=1S/C15H26F3NO2/c1-3-5-12(6-4-2)11-13(20)19-9-7-14(21,8-10-19)15(16,17)18/h12,21H,3-11H2,1-2H3. The molecule has 0 radical (unpaired) electrons. The highest BCUT2D eigenvalue weighted by atomic mass is 19.4. The zero-order valence-corrected chi connectivity index (χ0v) is 12.9. The van der Waals surface area contributed by atoms with Gasteiger partial charge in [-0.15, -0.1) is 0 Å². The van der Waals surface area contributed by atoms with Gasteiger partial charge in [0.2, 0.25) is 5.91 Å². The third kappa shape index (κ3) is 4.87. The SMILES string of the molecule is CCCC(CCC)CC(=O)N1CCC(O)(C(F)(F)F)CC1. The van der Waals surface area contributed by atoms with E-state index in [4.69, 9.17) is 0 Å². The summed E-state index contributed by atoms with van der Waals surface area (Å²) in [4.78, 5) is 13.7. The van der Waals surface area contributed by atoms with Gasteiger partial charge in [0.1, 0.15) is 0 Å². The number of carbonyl (C=O) groups is 1. The van der Waals surface area contributed by atoms with Gasteiger partial charge in [-0.1, -0.05) is 39.5 Å². The van der Waals surface area contributed by atoms with Crippen molar-refractivity contribution in [2.24, 2.45) is 5.92 Å². The predicted octanol–water partition coefficient (Wildman–Crippen LogP) is 3.51. The van der Waals surface area contributed by atoms with Crippen molar-refractivity contribution in [3.8, 4) is 0 Å². The van der Waals surface area contributed by atoms with E-state index in [9.17, 15) is 23.1 Å². The molecule has 1 aliphatic heterocycles. The summed E-state index contributed by atoms with van der Waals surface area (Å²) in [6, 6.07) is 0. The van der Waals surface area contributed by atoms with Crippen molar-refractivity contribution < 1.29 is 23.1 Å². The van der Waals surface area contributed by atoms with Crippen LogP contribution in [-0.2, 0) is 4.79 Å². The van der Waals surface area contributed by atoms with Crippen LogP contribution in [0.1, 0.15) is 58.8 Å². The molecule has 0 unspecified atom stereocenters. The van der Waals surface area contributed by atoms with E-state index in [0.29, 0.717) is 12.3 Å². The molecule has 1 amide bonds. The largest absolute Gasteiger partial charge is 0.417 e. The minimum Gasteiger partial charge on any atom is -0.380 e.